The lowest BCUT2D eigenvalue weighted by atomic mass is 10.0. The van der Waals surface area contributed by atoms with Gasteiger partial charge in [0, 0.05) is 16.2 Å². The lowest BCUT2D eigenvalue weighted by molar-refractivity contribution is 0.505. The van der Waals surface area contributed by atoms with Gasteiger partial charge in [0.2, 0.25) is 0 Å². The summed E-state index contributed by atoms with van der Waals surface area (Å²) in [5.74, 6) is -2.13. The van der Waals surface area contributed by atoms with Crippen LogP contribution in [0.4, 0.5) is 13.2 Å². The number of hydrogen-bond acceptors (Lipinski definition) is 2. The lowest BCUT2D eigenvalue weighted by Gasteiger charge is -2.23. The first kappa shape index (κ1) is 15.9. The van der Waals surface area contributed by atoms with E-state index in [4.69, 9.17) is 5.73 Å². The van der Waals surface area contributed by atoms with Crippen molar-refractivity contribution < 1.29 is 13.2 Å². The largest absolute Gasteiger partial charge is 0.326 e. The molecule has 2 N–H and O–H groups in total. The van der Waals surface area contributed by atoms with Crippen LogP contribution in [0.25, 0.3) is 0 Å². The second kappa shape index (κ2) is 7.00. The van der Waals surface area contributed by atoms with Crippen LogP contribution < -0.4 is 5.73 Å². The fourth-order valence-corrected chi connectivity index (χ4v) is 3.26. The Morgan fingerprint density at radius 1 is 1.05 bits per heavy atom. The molecule has 0 aliphatic heterocycles. The number of benzene rings is 2. The zero-order valence-electron chi connectivity index (χ0n) is 11.5. The molecule has 0 radical (unpaired) electrons. The molecule has 112 valence electrons. The minimum Gasteiger partial charge on any atom is -0.326 e. The molecular formula is C16H16F3NS. The summed E-state index contributed by atoms with van der Waals surface area (Å²) in [6.07, 6.45) is 0.692. The monoisotopic (exact) mass is 311 g/mol. The van der Waals surface area contributed by atoms with Gasteiger partial charge in [0.05, 0.1) is 0 Å². The van der Waals surface area contributed by atoms with Crippen LogP contribution in [0.2, 0.25) is 0 Å². The number of rotatable bonds is 5. The first-order valence-electron chi connectivity index (χ1n) is 6.64. The van der Waals surface area contributed by atoms with Crippen LogP contribution in [-0.2, 0) is 0 Å². The highest BCUT2D eigenvalue weighted by atomic mass is 32.2. The van der Waals surface area contributed by atoms with Gasteiger partial charge < -0.3 is 5.73 Å². The molecule has 0 amide bonds. The summed E-state index contributed by atoms with van der Waals surface area (Å²) in [7, 11) is 0. The molecule has 0 fully saturated rings. The van der Waals surface area contributed by atoms with Crippen molar-refractivity contribution in [1.82, 2.24) is 0 Å². The van der Waals surface area contributed by atoms with E-state index < -0.39 is 11.6 Å². The van der Waals surface area contributed by atoms with Gasteiger partial charge in [0.25, 0.3) is 0 Å². The molecule has 21 heavy (non-hydrogen) atoms. The molecule has 0 spiro atoms. The highest BCUT2D eigenvalue weighted by molar-refractivity contribution is 7.99. The SMILES string of the molecule is CCC(N)C(Sc1ccc(F)c(F)c1)c1cccc(F)c1. The van der Waals surface area contributed by atoms with Crippen molar-refractivity contribution in [2.24, 2.45) is 5.73 Å². The Kier molecular flexibility index (Phi) is 5.31. The Labute approximate surface area is 126 Å². The maximum absolute atomic E-state index is 13.4. The lowest BCUT2D eigenvalue weighted by Crippen LogP contribution is -2.25. The molecule has 0 bridgehead atoms. The summed E-state index contributed by atoms with van der Waals surface area (Å²) >= 11 is 1.31. The Balaban J connectivity index is 2.30. The summed E-state index contributed by atoms with van der Waals surface area (Å²) in [6.45, 7) is 1.93. The first-order chi connectivity index (χ1) is 10.0. The molecule has 0 saturated carbocycles. The Hall–Kier alpha value is -1.46. The second-order valence-corrected chi connectivity index (χ2v) is 5.96. The van der Waals surface area contributed by atoms with E-state index in [2.05, 4.69) is 0 Å². The topological polar surface area (TPSA) is 26.0 Å². The third-order valence-electron chi connectivity index (χ3n) is 3.19. The van der Waals surface area contributed by atoms with Crippen LogP contribution in [0.1, 0.15) is 24.2 Å². The van der Waals surface area contributed by atoms with E-state index in [1.807, 2.05) is 6.92 Å². The average Bonchev–Trinajstić information content (AvgIpc) is 2.47. The fraction of sp³-hybridized carbons (Fsp3) is 0.250. The summed E-state index contributed by atoms with van der Waals surface area (Å²) in [5.41, 5.74) is 6.84. The minimum absolute atomic E-state index is 0.218. The summed E-state index contributed by atoms with van der Waals surface area (Å²) in [4.78, 5) is 0.562. The van der Waals surface area contributed by atoms with Gasteiger partial charge in [0.1, 0.15) is 5.82 Å². The number of hydrogen-bond donors (Lipinski definition) is 1. The van der Waals surface area contributed by atoms with Crippen LogP contribution in [0.5, 0.6) is 0 Å². The van der Waals surface area contributed by atoms with Crippen molar-refractivity contribution >= 4 is 11.8 Å². The normalized spacial score (nSPS) is 14.0. The Morgan fingerprint density at radius 3 is 2.43 bits per heavy atom. The Bertz CT molecular complexity index is 618. The number of nitrogens with two attached hydrogens (primary N) is 1. The quantitative estimate of drug-likeness (QED) is 0.812. The summed E-state index contributed by atoms with van der Waals surface area (Å²) < 4.78 is 39.7. The molecule has 2 rings (SSSR count). The minimum atomic E-state index is -0.900. The molecule has 2 atom stereocenters. The average molecular weight is 311 g/mol. The molecule has 2 aromatic rings. The summed E-state index contributed by atoms with van der Waals surface area (Å²) in [5, 5.41) is -0.226. The van der Waals surface area contributed by atoms with Crippen LogP contribution in [0.3, 0.4) is 0 Å². The summed E-state index contributed by atoms with van der Waals surface area (Å²) in [6, 6.07) is 9.68. The highest BCUT2D eigenvalue weighted by Crippen LogP contribution is 2.38. The van der Waals surface area contributed by atoms with Crippen molar-refractivity contribution in [3.05, 3.63) is 65.5 Å². The van der Waals surface area contributed by atoms with E-state index in [1.54, 1.807) is 12.1 Å². The van der Waals surface area contributed by atoms with Crippen molar-refractivity contribution in [3.8, 4) is 0 Å². The van der Waals surface area contributed by atoms with Gasteiger partial charge in [-0.25, -0.2) is 13.2 Å². The van der Waals surface area contributed by atoms with Gasteiger partial charge in [0.15, 0.2) is 11.6 Å². The van der Waals surface area contributed by atoms with Gasteiger partial charge in [-0.1, -0.05) is 19.1 Å². The van der Waals surface area contributed by atoms with Crippen molar-refractivity contribution in [2.45, 2.75) is 29.5 Å². The standard InChI is InChI=1S/C16H16F3NS/c1-2-15(20)16(10-4-3-5-11(17)8-10)21-12-6-7-13(18)14(19)9-12/h3-9,15-16H,2,20H2,1H3. The van der Waals surface area contributed by atoms with Gasteiger partial charge in [-0.05, 0) is 42.3 Å². The smallest absolute Gasteiger partial charge is 0.159 e. The van der Waals surface area contributed by atoms with Crippen LogP contribution >= 0.6 is 11.8 Å². The van der Waals surface area contributed by atoms with Gasteiger partial charge in [-0.2, -0.15) is 0 Å². The maximum Gasteiger partial charge on any atom is 0.159 e. The Morgan fingerprint density at radius 2 is 1.81 bits per heavy atom. The molecule has 1 nitrogen and oxygen atoms in total. The van der Waals surface area contributed by atoms with E-state index in [0.29, 0.717) is 11.3 Å². The zero-order valence-corrected chi connectivity index (χ0v) is 12.3. The molecule has 0 aliphatic rings. The van der Waals surface area contributed by atoms with Crippen LogP contribution in [0.15, 0.2) is 47.4 Å². The second-order valence-electron chi connectivity index (χ2n) is 4.74. The first-order valence-corrected chi connectivity index (χ1v) is 7.52. The third kappa shape index (κ3) is 4.02. The van der Waals surface area contributed by atoms with E-state index in [0.717, 1.165) is 17.7 Å². The maximum atomic E-state index is 13.4. The van der Waals surface area contributed by atoms with Crippen LogP contribution in [0, 0.1) is 17.5 Å². The van der Waals surface area contributed by atoms with Crippen molar-refractivity contribution in [3.63, 3.8) is 0 Å². The molecule has 5 heteroatoms. The van der Waals surface area contributed by atoms with Crippen LogP contribution in [-0.4, -0.2) is 6.04 Å². The predicted octanol–water partition coefficient (Wildman–Crippen LogP) is 4.67. The molecule has 2 aromatic carbocycles. The fourth-order valence-electron chi connectivity index (χ4n) is 2.00. The van der Waals surface area contributed by atoms with E-state index >= 15 is 0 Å². The predicted molar refractivity (Wildman–Crippen MR) is 79.6 cm³/mol. The van der Waals surface area contributed by atoms with E-state index in [9.17, 15) is 13.2 Å². The molecule has 0 aliphatic carbocycles. The molecule has 2 unspecified atom stereocenters. The highest BCUT2D eigenvalue weighted by Gasteiger charge is 2.21. The molecular weight excluding hydrogens is 295 g/mol. The van der Waals surface area contributed by atoms with Crippen molar-refractivity contribution in [1.29, 1.82) is 0 Å². The zero-order chi connectivity index (χ0) is 15.4. The number of halogens is 3. The number of thioether (sulfide) groups is 1. The van der Waals surface area contributed by atoms with E-state index in [-0.39, 0.29) is 17.1 Å². The van der Waals surface area contributed by atoms with Gasteiger partial charge >= 0.3 is 0 Å². The third-order valence-corrected chi connectivity index (χ3v) is 4.59. The van der Waals surface area contributed by atoms with E-state index in [1.165, 1.54) is 30.0 Å². The van der Waals surface area contributed by atoms with Gasteiger partial charge in [-0.15, -0.1) is 11.8 Å². The van der Waals surface area contributed by atoms with Gasteiger partial charge in [-0.3, -0.25) is 0 Å². The molecule has 0 aromatic heterocycles. The van der Waals surface area contributed by atoms with Crippen molar-refractivity contribution in [2.75, 3.05) is 0 Å². The molecule has 0 saturated heterocycles. The molecule has 0 heterocycles.